The smallest absolute Gasteiger partial charge is 0.264 e. The fourth-order valence-corrected chi connectivity index (χ4v) is 3.52. The quantitative estimate of drug-likeness (QED) is 0.881. The summed E-state index contributed by atoms with van der Waals surface area (Å²) < 4.78 is 26.7. The lowest BCUT2D eigenvalue weighted by Gasteiger charge is -2.24. The molecule has 0 saturated heterocycles. The van der Waals surface area contributed by atoms with E-state index in [2.05, 4.69) is 0 Å². The van der Waals surface area contributed by atoms with Gasteiger partial charge in [-0.2, -0.15) is 0 Å². The van der Waals surface area contributed by atoms with E-state index in [1.807, 2.05) is 6.92 Å². The number of hydrogen-bond donors (Lipinski definition) is 1. The number of rotatable bonds is 4. The highest BCUT2D eigenvalue weighted by Gasteiger charge is 2.24. The summed E-state index contributed by atoms with van der Waals surface area (Å²) in [6, 6.07) is 13.8. The van der Waals surface area contributed by atoms with E-state index in [1.165, 1.54) is 4.31 Å². The molecule has 2 aromatic carbocycles. The summed E-state index contributed by atoms with van der Waals surface area (Å²) in [6.45, 7) is 4.03. The third-order valence-electron chi connectivity index (χ3n) is 3.10. The van der Waals surface area contributed by atoms with E-state index in [4.69, 9.17) is 5.73 Å². The molecule has 0 amide bonds. The average Bonchev–Trinajstić information content (AvgIpc) is 2.42. The molecular weight excluding hydrogens is 272 g/mol. The van der Waals surface area contributed by atoms with Crippen LogP contribution < -0.4 is 10.0 Å². The van der Waals surface area contributed by atoms with Crippen LogP contribution >= 0.6 is 0 Å². The van der Waals surface area contributed by atoms with Crippen molar-refractivity contribution in [2.24, 2.45) is 0 Å². The van der Waals surface area contributed by atoms with Gasteiger partial charge in [-0.3, -0.25) is 4.31 Å². The van der Waals surface area contributed by atoms with Crippen LogP contribution in [0.2, 0.25) is 0 Å². The van der Waals surface area contributed by atoms with Crippen LogP contribution in [0.1, 0.15) is 12.5 Å². The van der Waals surface area contributed by atoms with Crippen LogP contribution in [0.4, 0.5) is 11.4 Å². The van der Waals surface area contributed by atoms with E-state index >= 15 is 0 Å². The number of nitrogen functional groups attached to an aromatic ring is 1. The second-order valence-electron chi connectivity index (χ2n) is 4.54. The Morgan fingerprint density at radius 1 is 1.05 bits per heavy atom. The largest absolute Gasteiger partial charge is 0.397 e. The molecule has 0 atom stereocenters. The van der Waals surface area contributed by atoms with Gasteiger partial charge < -0.3 is 5.73 Å². The van der Waals surface area contributed by atoms with Gasteiger partial charge in [-0.05, 0) is 38.1 Å². The fraction of sp³-hybridized carbons (Fsp3) is 0.200. The molecule has 4 nitrogen and oxygen atoms in total. The van der Waals surface area contributed by atoms with E-state index in [0.717, 1.165) is 5.56 Å². The molecule has 0 saturated carbocycles. The minimum Gasteiger partial charge on any atom is -0.397 e. The summed E-state index contributed by atoms with van der Waals surface area (Å²) in [4.78, 5) is 0.271. The first-order valence-corrected chi connectivity index (χ1v) is 7.84. The van der Waals surface area contributed by atoms with Crippen molar-refractivity contribution in [2.75, 3.05) is 16.6 Å². The highest BCUT2D eigenvalue weighted by atomic mass is 32.2. The first-order chi connectivity index (χ1) is 9.46. The minimum absolute atomic E-state index is 0.271. The SMILES string of the molecule is CCN(c1ccccc1N)S(=O)(=O)c1ccc(C)cc1. The molecule has 0 heterocycles. The summed E-state index contributed by atoms with van der Waals surface area (Å²) in [5.74, 6) is 0. The number of benzene rings is 2. The van der Waals surface area contributed by atoms with Gasteiger partial charge in [0.15, 0.2) is 0 Å². The first kappa shape index (κ1) is 14.4. The molecule has 5 heteroatoms. The van der Waals surface area contributed by atoms with Gasteiger partial charge in [-0.25, -0.2) is 8.42 Å². The van der Waals surface area contributed by atoms with Crippen molar-refractivity contribution >= 4 is 21.4 Å². The number of nitrogens with two attached hydrogens (primary N) is 1. The highest BCUT2D eigenvalue weighted by Crippen LogP contribution is 2.28. The van der Waals surface area contributed by atoms with Crippen LogP contribution in [0.15, 0.2) is 53.4 Å². The Hall–Kier alpha value is -2.01. The normalized spacial score (nSPS) is 11.3. The zero-order chi connectivity index (χ0) is 14.8. The number of hydrogen-bond acceptors (Lipinski definition) is 3. The maximum Gasteiger partial charge on any atom is 0.264 e. The summed E-state index contributed by atoms with van der Waals surface area (Å²) in [6.07, 6.45) is 0. The number of para-hydroxylation sites is 2. The number of aryl methyl sites for hydroxylation is 1. The van der Waals surface area contributed by atoms with Gasteiger partial charge in [-0.15, -0.1) is 0 Å². The van der Waals surface area contributed by atoms with E-state index in [1.54, 1.807) is 55.5 Å². The number of sulfonamides is 1. The number of nitrogens with zero attached hydrogens (tertiary/aromatic N) is 1. The molecule has 0 aromatic heterocycles. The number of anilines is 2. The molecule has 0 aliphatic rings. The van der Waals surface area contributed by atoms with Gasteiger partial charge in [-0.1, -0.05) is 29.8 Å². The molecule has 20 heavy (non-hydrogen) atoms. The zero-order valence-electron chi connectivity index (χ0n) is 11.6. The van der Waals surface area contributed by atoms with Crippen LogP contribution in [0.25, 0.3) is 0 Å². The molecule has 0 spiro atoms. The molecule has 0 fully saturated rings. The maximum absolute atomic E-state index is 12.7. The van der Waals surface area contributed by atoms with Crippen LogP contribution in [0, 0.1) is 6.92 Å². The van der Waals surface area contributed by atoms with E-state index in [0.29, 0.717) is 17.9 Å². The Morgan fingerprint density at radius 2 is 1.65 bits per heavy atom. The predicted octanol–water partition coefficient (Wildman–Crippen LogP) is 2.79. The van der Waals surface area contributed by atoms with Crippen molar-refractivity contribution in [2.45, 2.75) is 18.7 Å². The second-order valence-corrected chi connectivity index (χ2v) is 6.40. The average molecular weight is 290 g/mol. The third kappa shape index (κ3) is 2.63. The topological polar surface area (TPSA) is 63.4 Å². The van der Waals surface area contributed by atoms with Gasteiger partial charge >= 0.3 is 0 Å². The molecule has 0 aliphatic carbocycles. The molecule has 106 valence electrons. The van der Waals surface area contributed by atoms with Crippen molar-refractivity contribution in [3.8, 4) is 0 Å². The Morgan fingerprint density at radius 3 is 2.20 bits per heavy atom. The first-order valence-electron chi connectivity index (χ1n) is 6.40. The van der Waals surface area contributed by atoms with Gasteiger partial charge in [0.25, 0.3) is 10.0 Å². The van der Waals surface area contributed by atoms with Gasteiger partial charge in [0, 0.05) is 6.54 Å². The van der Waals surface area contributed by atoms with Crippen LogP contribution in [-0.4, -0.2) is 15.0 Å². The standard InChI is InChI=1S/C15H18N2O2S/c1-3-17(15-7-5-4-6-14(15)16)20(18,19)13-10-8-12(2)9-11-13/h4-11H,3,16H2,1-2H3. The summed E-state index contributed by atoms with van der Waals surface area (Å²) in [5, 5.41) is 0. The lowest BCUT2D eigenvalue weighted by atomic mass is 10.2. The molecule has 2 rings (SSSR count). The van der Waals surface area contributed by atoms with E-state index in [9.17, 15) is 8.42 Å². The minimum atomic E-state index is -3.59. The van der Waals surface area contributed by atoms with Gasteiger partial charge in [0.05, 0.1) is 16.3 Å². The van der Waals surface area contributed by atoms with Crippen LogP contribution in [-0.2, 0) is 10.0 Å². The second kappa shape index (κ2) is 5.54. The van der Waals surface area contributed by atoms with Crippen molar-refractivity contribution in [3.05, 3.63) is 54.1 Å². The zero-order valence-corrected chi connectivity index (χ0v) is 12.4. The lowest BCUT2D eigenvalue weighted by Crippen LogP contribution is -2.31. The maximum atomic E-state index is 12.7. The van der Waals surface area contributed by atoms with Crippen molar-refractivity contribution in [3.63, 3.8) is 0 Å². The molecule has 0 radical (unpaired) electrons. The Balaban J connectivity index is 2.51. The lowest BCUT2D eigenvalue weighted by molar-refractivity contribution is 0.592. The third-order valence-corrected chi connectivity index (χ3v) is 5.00. The molecule has 2 aromatic rings. The highest BCUT2D eigenvalue weighted by molar-refractivity contribution is 7.92. The Labute approximate surface area is 119 Å². The predicted molar refractivity (Wildman–Crippen MR) is 82.2 cm³/mol. The summed E-state index contributed by atoms with van der Waals surface area (Å²) in [5.41, 5.74) is 7.87. The monoisotopic (exact) mass is 290 g/mol. The molecule has 0 aliphatic heterocycles. The van der Waals surface area contributed by atoms with Crippen molar-refractivity contribution < 1.29 is 8.42 Å². The Bertz CT molecular complexity index is 694. The van der Waals surface area contributed by atoms with Crippen LogP contribution in [0.3, 0.4) is 0 Å². The molecular formula is C15H18N2O2S. The fourth-order valence-electron chi connectivity index (χ4n) is 2.02. The van der Waals surface area contributed by atoms with E-state index in [-0.39, 0.29) is 4.90 Å². The van der Waals surface area contributed by atoms with Crippen LogP contribution in [0.5, 0.6) is 0 Å². The summed E-state index contributed by atoms with van der Waals surface area (Å²) >= 11 is 0. The van der Waals surface area contributed by atoms with Crippen molar-refractivity contribution in [1.29, 1.82) is 0 Å². The summed E-state index contributed by atoms with van der Waals surface area (Å²) in [7, 11) is -3.59. The molecule has 0 unspecified atom stereocenters. The molecule has 2 N–H and O–H groups in total. The van der Waals surface area contributed by atoms with E-state index < -0.39 is 10.0 Å². The van der Waals surface area contributed by atoms with Gasteiger partial charge in [0.1, 0.15) is 0 Å². The Kier molecular flexibility index (Phi) is 3.99. The van der Waals surface area contributed by atoms with Crippen molar-refractivity contribution in [1.82, 2.24) is 0 Å². The molecule has 0 bridgehead atoms. The van der Waals surface area contributed by atoms with Gasteiger partial charge in [0.2, 0.25) is 0 Å².